The van der Waals surface area contributed by atoms with Crippen molar-refractivity contribution in [2.24, 2.45) is 5.92 Å². The maximum absolute atomic E-state index is 5.86. The fourth-order valence-corrected chi connectivity index (χ4v) is 3.24. The monoisotopic (exact) mass is 312 g/mol. The molecule has 0 saturated carbocycles. The number of hydrogen-bond acceptors (Lipinski definition) is 6. The summed E-state index contributed by atoms with van der Waals surface area (Å²) in [5.74, 6) is 2.22. The Kier molecular flexibility index (Phi) is 4.17. The molecule has 1 aromatic heterocycles. The van der Waals surface area contributed by atoms with Crippen molar-refractivity contribution >= 4 is 11.9 Å². The summed E-state index contributed by atoms with van der Waals surface area (Å²) in [6.07, 6.45) is 0. The third-order valence-corrected chi connectivity index (χ3v) is 4.47. The topological polar surface area (TPSA) is 71.2 Å². The van der Waals surface area contributed by atoms with Gasteiger partial charge in [-0.25, -0.2) is 0 Å². The van der Waals surface area contributed by atoms with Gasteiger partial charge in [-0.1, -0.05) is 37.3 Å². The van der Waals surface area contributed by atoms with Crippen LogP contribution in [0.1, 0.15) is 37.3 Å². The van der Waals surface area contributed by atoms with Gasteiger partial charge in [-0.05, 0) is 18.4 Å². The smallest absolute Gasteiger partial charge is 0.229 e. The molecule has 23 heavy (non-hydrogen) atoms. The molecule has 6 heteroatoms. The second-order valence-electron chi connectivity index (χ2n) is 6.45. The van der Waals surface area contributed by atoms with E-state index in [1.807, 2.05) is 19.0 Å². The molecule has 6 nitrogen and oxygen atoms in total. The molecule has 0 bridgehead atoms. The van der Waals surface area contributed by atoms with Crippen LogP contribution in [0.25, 0.3) is 0 Å². The predicted molar refractivity (Wildman–Crippen MR) is 92.0 cm³/mol. The highest BCUT2D eigenvalue weighted by Gasteiger charge is 2.40. The van der Waals surface area contributed by atoms with Gasteiger partial charge in [-0.15, -0.1) is 0 Å². The van der Waals surface area contributed by atoms with Gasteiger partial charge in [-0.2, -0.15) is 15.0 Å². The van der Waals surface area contributed by atoms with Crippen molar-refractivity contribution < 1.29 is 0 Å². The summed E-state index contributed by atoms with van der Waals surface area (Å²) in [4.78, 5) is 17.4. The second kappa shape index (κ2) is 6.12. The lowest BCUT2D eigenvalue weighted by molar-refractivity contribution is -0.0139. The molecule has 1 aliphatic heterocycles. The Bertz CT molecular complexity index is 672. The third-order valence-electron chi connectivity index (χ3n) is 4.47. The number of benzene rings is 1. The van der Waals surface area contributed by atoms with Gasteiger partial charge in [0, 0.05) is 26.7 Å². The van der Waals surface area contributed by atoms with Gasteiger partial charge in [-0.3, -0.25) is 4.90 Å². The Morgan fingerprint density at radius 1 is 1.17 bits per heavy atom. The first-order chi connectivity index (χ1) is 11.0. The molecule has 0 amide bonds. The van der Waals surface area contributed by atoms with Gasteiger partial charge in [0.2, 0.25) is 11.9 Å². The van der Waals surface area contributed by atoms with E-state index in [1.165, 1.54) is 5.56 Å². The lowest BCUT2D eigenvalue weighted by atomic mass is 9.83. The van der Waals surface area contributed by atoms with Crippen molar-refractivity contribution in [3.8, 4) is 0 Å². The predicted octanol–water partition coefficient (Wildman–Crippen LogP) is 2.27. The summed E-state index contributed by atoms with van der Waals surface area (Å²) in [7, 11) is 3.81. The van der Waals surface area contributed by atoms with Crippen LogP contribution in [0.2, 0.25) is 0 Å². The highest BCUT2D eigenvalue weighted by molar-refractivity contribution is 5.33. The van der Waals surface area contributed by atoms with Crippen molar-refractivity contribution in [1.29, 1.82) is 0 Å². The van der Waals surface area contributed by atoms with Crippen LogP contribution in [-0.2, 0) is 0 Å². The molecule has 0 radical (unpaired) electrons. The summed E-state index contributed by atoms with van der Waals surface area (Å²) in [6.45, 7) is 5.45. The highest BCUT2D eigenvalue weighted by atomic mass is 15.3. The fraction of sp³-hybridized carbons (Fsp3) is 0.471. The largest absolute Gasteiger partial charge is 0.368 e. The van der Waals surface area contributed by atoms with E-state index in [0.29, 0.717) is 17.9 Å². The molecular weight excluding hydrogens is 288 g/mol. The molecule has 1 aliphatic rings. The van der Waals surface area contributed by atoms with Gasteiger partial charge in [0.15, 0.2) is 5.82 Å². The van der Waals surface area contributed by atoms with Crippen LogP contribution >= 0.6 is 0 Å². The molecule has 2 N–H and O–H groups in total. The molecular formula is C17H24N6. The first-order valence-electron chi connectivity index (χ1n) is 7.97. The summed E-state index contributed by atoms with van der Waals surface area (Å²) in [5, 5.41) is 0. The molecule has 122 valence electrons. The summed E-state index contributed by atoms with van der Waals surface area (Å²) in [5.41, 5.74) is 7.20. The number of nitrogens with zero attached hydrogens (tertiary/aromatic N) is 5. The van der Waals surface area contributed by atoms with Crippen LogP contribution in [0.4, 0.5) is 11.9 Å². The Balaban J connectivity index is 1.87. The maximum atomic E-state index is 5.86. The molecule has 3 atom stereocenters. The Hall–Kier alpha value is -2.21. The zero-order valence-electron chi connectivity index (χ0n) is 14.1. The standard InChI is InChI=1S/C17H24N6/c1-11-10-23(14(11)13-8-6-5-7-9-13)12(2)15-19-16(18)21-17(20-15)22(3)4/h5-9,11-12,14H,10H2,1-4H3,(H2,18,19,20,21)/t11-,12+,14+/m1/s1. The lowest BCUT2D eigenvalue weighted by Crippen LogP contribution is -2.49. The first kappa shape index (κ1) is 15.7. The van der Waals surface area contributed by atoms with Crippen molar-refractivity contribution in [2.75, 3.05) is 31.3 Å². The van der Waals surface area contributed by atoms with E-state index in [4.69, 9.17) is 5.73 Å². The maximum Gasteiger partial charge on any atom is 0.229 e. The van der Waals surface area contributed by atoms with Gasteiger partial charge in [0.05, 0.1) is 6.04 Å². The molecule has 2 heterocycles. The summed E-state index contributed by atoms with van der Waals surface area (Å²) < 4.78 is 0. The van der Waals surface area contributed by atoms with Crippen molar-refractivity contribution in [2.45, 2.75) is 25.9 Å². The van der Waals surface area contributed by atoms with Gasteiger partial charge in [0.25, 0.3) is 0 Å². The van der Waals surface area contributed by atoms with Crippen LogP contribution in [0.5, 0.6) is 0 Å². The van der Waals surface area contributed by atoms with Crippen LogP contribution in [-0.4, -0.2) is 40.5 Å². The minimum atomic E-state index is 0.0976. The zero-order chi connectivity index (χ0) is 16.6. The second-order valence-corrected chi connectivity index (χ2v) is 6.45. The fourth-order valence-electron chi connectivity index (χ4n) is 3.24. The van der Waals surface area contributed by atoms with Crippen LogP contribution < -0.4 is 10.6 Å². The Morgan fingerprint density at radius 2 is 1.87 bits per heavy atom. The average molecular weight is 312 g/mol. The van der Waals surface area contributed by atoms with Crippen molar-refractivity contribution in [3.63, 3.8) is 0 Å². The van der Waals surface area contributed by atoms with Crippen molar-refractivity contribution in [1.82, 2.24) is 19.9 Å². The Morgan fingerprint density at radius 3 is 2.48 bits per heavy atom. The zero-order valence-corrected chi connectivity index (χ0v) is 14.1. The average Bonchev–Trinajstić information content (AvgIpc) is 2.52. The van der Waals surface area contributed by atoms with E-state index < -0.39 is 0 Å². The third kappa shape index (κ3) is 2.99. The number of nitrogen functional groups attached to an aromatic ring is 1. The number of anilines is 2. The number of likely N-dealkylation sites (tertiary alicyclic amines) is 1. The van der Waals surface area contributed by atoms with Crippen molar-refractivity contribution in [3.05, 3.63) is 41.7 Å². The molecule has 1 fully saturated rings. The molecule has 1 aromatic carbocycles. The van der Waals surface area contributed by atoms with Crippen LogP contribution in [0, 0.1) is 5.92 Å². The van der Waals surface area contributed by atoms with E-state index in [9.17, 15) is 0 Å². The quantitative estimate of drug-likeness (QED) is 0.934. The number of hydrogen-bond donors (Lipinski definition) is 1. The van der Waals surface area contributed by atoms with E-state index >= 15 is 0 Å². The number of nitrogens with two attached hydrogens (primary N) is 1. The van der Waals surface area contributed by atoms with E-state index in [2.05, 4.69) is 64.0 Å². The molecule has 0 spiro atoms. The van der Waals surface area contributed by atoms with Gasteiger partial charge in [0.1, 0.15) is 0 Å². The Labute approximate surface area is 137 Å². The van der Waals surface area contributed by atoms with Crippen LogP contribution in [0.15, 0.2) is 30.3 Å². The molecule has 0 unspecified atom stereocenters. The van der Waals surface area contributed by atoms with E-state index in [0.717, 1.165) is 12.4 Å². The summed E-state index contributed by atoms with van der Waals surface area (Å²) >= 11 is 0. The van der Waals surface area contributed by atoms with Gasteiger partial charge < -0.3 is 10.6 Å². The number of rotatable bonds is 4. The normalized spacial score (nSPS) is 22.4. The minimum Gasteiger partial charge on any atom is -0.368 e. The first-order valence-corrected chi connectivity index (χ1v) is 7.97. The lowest BCUT2D eigenvalue weighted by Gasteiger charge is -2.49. The van der Waals surface area contributed by atoms with Gasteiger partial charge >= 0.3 is 0 Å². The summed E-state index contributed by atoms with van der Waals surface area (Å²) in [6, 6.07) is 11.1. The molecule has 1 saturated heterocycles. The minimum absolute atomic E-state index is 0.0976. The SMILES string of the molecule is C[C@@H]1CN([C@@H](C)c2nc(N)nc(N(C)C)n2)[C@@H]1c1ccccc1. The van der Waals surface area contributed by atoms with E-state index in [-0.39, 0.29) is 12.0 Å². The molecule has 3 rings (SSSR count). The highest BCUT2D eigenvalue weighted by Crippen LogP contribution is 2.43. The number of aromatic nitrogens is 3. The van der Waals surface area contributed by atoms with Crippen LogP contribution in [0.3, 0.4) is 0 Å². The van der Waals surface area contributed by atoms with E-state index in [1.54, 1.807) is 0 Å². The molecule has 0 aliphatic carbocycles. The molecule has 2 aromatic rings.